The zero-order chi connectivity index (χ0) is 25.4. The number of pyridine rings is 3. The van der Waals surface area contributed by atoms with E-state index in [0.717, 1.165) is 12.3 Å². The molecule has 1 fully saturated rings. The number of hydrogen-bond donors (Lipinski definition) is 0. The van der Waals surface area contributed by atoms with Gasteiger partial charge in [-0.2, -0.15) is 18.3 Å². The molecular formula is C25H16F4N6O. The van der Waals surface area contributed by atoms with Gasteiger partial charge < -0.3 is 4.90 Å². The number of hydrogen-bond acceptors (Lipinski definition) is 5. The summed E-state index contributed by atoms with van der Waals surface area (Å²) in [4.78, 5) is 25.3. The van der Waals surface area contributed by atoms with Crippen LogP contribution in [-0.2, 0) is 11.0 Å². The monoisotopic (exact) mass is 492 g/mol. The van der Waals surface area contributed by atoms with Gasteiger partial charge in [-0.15, -0.1) is 0 Å². The van der Waals surface area contributed by atoms with Crippen molar-refractivity contribution in [1.82, 2.24) is 29.6 Å². The van der Waals surface area contributed by atoms with E-state index in [0.29, 0.717) is 33.5 Å². The van der Waals surface area contributed by atoms with Gasteiger partial charge in [-0.05, 0) is 36.3 Å². The molecule has 0 unspecified atom stereocenters. The molecule has 1 aliphatic heterocycles. The van der Waals surface area contributed by atoms with Gasteiger partial charge >= 0.3 is 6.18 Å². The molecule has 1 aliphatic rings. The molecule has 0 atom stereocenters. The lowest BCUT2D eigenvalue weighted by atomic mass is 10.1. The van der Waals surface area contributed by atoms with Gasteiger partial charge in [0, 0.05) is 37.2 Å². The van der Waals surface area contributed by atoms with Crippen LogP contribution in [0.1, 0.15) is 23.0 Å². The van der Waals surface area contributed by atoms with Crippen LogP contribution in [0.15, 0.2) is 67.4 Å². The van der Waals surface area contributed by atoms with E-state index in [1.807, 2.05) is 0 Å². The largest absolute Gasteiger partial charge is 0.433 e. The predicted molar refractivity (Wildman–Crippen MR) is 122 cm³/mol. The third kappa shape index (κ3) is 4.29. The molecule has 5 rings (SSSR count). The zero-order valence-electron chi connectivity index (χ0n) is 18.5. The topological polar surface area (TPSA) is 76.8 Å². The number of carbonyl (C=O) groups excluding carboxylic acids is 1. The minimum absolute atomic E-state index is 0.172. The van der Waals surface area contributed by atoms with Crippen LogP contribution in [0.25, 0.3) is 22.3 Å². The second kappa shape index (κ2) is 8.88. The number of rotatable bonds is 3. The van der Waals surface area contributed by atoms with Crippen LogP contribution in [0.3, 0.4) is 0 Å². The summed E-state index contributed by atoms with van der Waals surface area (Å²) in [6.07, 6.45) is -0.340. The van der Waals surface area contributed by atoms with Crippen molar-refractivity contribution in [3.05, 3.63) is 84.3 Å². The number of likely N-dealkylation sites (tertiary alicyclic amines) is 1. The fraction of sp³-hybridized carbons (Fsp3) is 0.160. The molecule has 1 amide bonds. The summed E-state index contributed by atoms with van der Waals surface area (Å²) in [5.41, 5.74) is 1.66. The highest BCUT2D eigenvalue weighted by atomic mass is 19.4. The molecule has 1 saturated heterocycles. The highest BCUT2D eigenvalue weighted by Gasteiger charge is 2.36. The molecule has 0 spiro atoms. The molecule has 0 N–H and O–H groups in total. The number of halogens is 4. The molecule has 0 saturated carbocycles. The third-order valence-corrected chi connectivity index (χ3v) is 5.63. The maximum atomic E-state index is 13.3. The van der Waals surface area contributed by atoms with Crippen LogP contribution >= 0.6 is 0 Å². The van der Waals surface area contributed by atoms with E-state index in [9.17, 15) is 22.4 Å². The lowest BCUT2D eigenvalue weighted by Crippen LogP contribution is -2.51. The van der Waals surface area contributed by atoms with Gasteiger partial charge in [0.2, 0.25) is 0 Å². The number of alkyl halides is 3. The Morgan fingerprint density at radius 3 is 2.47 bits per heavy atom. The first-order valence-corrected chi connectivity index (χ1v) is 10.7. The maximum Gasteiger partial charge on any atom is 0.433 e. The van der Waals surface area contributed by atoms with E-state index in [1.165, 1.54) is 17.2 Å². The average molecular weight is 492 g/mol. The van der Waals surface area contributed by atoms with E-state index in [2.05, 4.69) is 38.5 Å². The van der Waals surface area contributed by atoms with Gasteiger partial charge in [-0.1, -0.05) is 18.6 Å². The van der Waals surface area contributed by atoms with Gasteiger partial charge in [0.15, 0.2) is 5.83 Å². The molecular weight excluding hydrogens is 476 g/mol. The number of aromatic nitrogens is 5. The summed E-state index contributed by atoms with van der Waals surface area (Å²) < 4.78 is 53.9. The SMILES string of the molecule is C=C(F)C(=O)N1CC(n2nc(-c3ccc(C(F)(F)F)nc3)c3nccc(C#Cc4ccccn4)c32)C1. The van der Waals surface area contributed by atoms with Crippen molar-refractivity contribution in [1.29, 1.82) is 0 Å². The van der Waals surface area contributed by atoms with E-state index < -0.39 is 23.6 Å². The van der Waals surface area contributed by atoms with Crippen molar-refractivity contribution in [2.45, 2.75) is 12.2 Å². The summed E-state index contributed by atoms with van der Waals surface area (Å²) in [6.45, 7) is 3.38. The van der Waals surface area contributed by atoms with Crippen LogP contribution in [0.2, 0.25) is 0 Å². The van der Waals surface area contributed by atoms with Gasteiger partial charge in [-0.25, -0.2) is 9.37 Å². The number of carbonyl (C=O) groups is 1. The molecule has 5 heterocycles. The summed E-state index contributed by atoms with van der Waals surface area (Å²) >= 11 is 0. The Labute approximate surface area is 202 Å². The van der Waals surface area contributed by atoms with Crippen LogP contribution in [0, 0.1) is 11.8 Å². The Morgan fingerprint density at radius 1 is 1.03 bits per heavy atom. The van der Waals surface area contributed by atoms with Crippen molar-refractivity contribution in [3.8, 4) is 23.1 Å². The Bertz CT molecular complexity index is 1530. The number of amides is 1. The van der Waals surface area contributed by atoms with Gasteiger partial charge in [0.1, 0.15) is 28.1 Å². The fourth-order valence-corrected chi connectivity index (χ4v) is 3.84. The van der Waals surface area contributed by atoms with Gasteiger partial charge in [0.05, 0.1) is 11.6 Å². The lowest BCUT2D eigenvalue weighted by molar-refractivity contribution is -0.141. The second-order valence-electron chi connectivity index (χ2n) is 8.01. The molecule has 36 heavy (non-hydrogen) atoms. The molecule has 0 bridgehead atoms. The number of fused-ring (bicyclic) bond motifs is 1. The van der Waals surface area contributed by atoms with E-state index in [1.54, 1.807) is 35.1 Å². The number of nitrogens with zero attached hydrogens (tertiary/aromatic N) is 6. The Kier molecular flexibility index (Phi) is 5.72. The van der Waals surface area contributed by atoms with Gasteiger partial charge in [0.25, 0.3) is 5.91 Å². The highest BCUT2D eigenvalue weighted by molar-refractivity contribution is 5.94. The molecule has 0 aliphatic carbocycles. The highest BCUT2D eigenvalue weighted by Crippen LogP contribution is 2.34. The minimum Gasteiger partial charge on any atom is -0.332 e. The molecule has 4 aromatic rings. The van der Waals surface area contributed by atoms with E-state index >= 15 is 0 Å². The third-order valence-electron chi connectivity index (χ3n) is 5.63. The first-order valence-electron chi connectivity index (χ1n) is 10.7. The smallest absolute Gasteiger partial charge is 0.332 e. The van der Waals surface area contributed by atoms with E-state index in [4.69, 9.17) is 0 Å². The van der Waals surface area contributed by atoms with E-state index in [-0.39, 0.29) is 19.1 Å². The Morgan fingerprint density at radius 2 is 1.83 bits per heavy atom. The second-order valence-corrected chi connectivity index (χ2v) is 8.01. The van der Waals surface area contributed by atoms with Crippen molar-refractivity contribution in [2.75, 3.05) is 13.1 Å². The van der Waals surface area contributed by atoms with Crippen molar-refractivity contribution in [2.24, 2.45) is 0 Å². The van der Waals surface area contributed by atoms with Crippen molar-refractivity contribution >= 4 is 16.9 Å². The van der Waals surface area contributed by atoms with Crippen LogP contribution < -0.4 is 0 Å². The van der Waals surface area contributed by atoms with Crippen LogP contribution in [0.4, 0.5) is 17.6 Å². The summed E-state index contributed by atoms with van der Waals surface area (Å²) in [6, 6.07) is 8.84. The molecule has 4 aromatic heterocycles. The fourth-order valence-electron chi connectivity index (χ4n) is 3.84. The van der Waals surface area contributed by atoms with Crippen molar-refractivity contribution in [3.63, 3.8) is 0 Å². The molecule has 180 valence electrons. The molecule has 7 nitrogen and oxygen atoms in total. The van der Waals surface area contributed by atoms with Gasteiger partial charge in [-0.3, -0.25) is 19.4 Å². The summed E-state index contributed by atoms with van der Waals surface area (Å²) in [5.74, 6) is 4.18. The van der Waals surface area contributed by atoms with Crippen LogP contribution in [-0.4, -0.2) is 48.6 Å². The standard InChI is InChI=1S/C25H16F4N6O/c1-15(26)24(36)34-13-19(14-34)35-23-16(5-7-18-4-2-3-10-30-18)9-11-31-22(23)21(33-35)17-6-8-20(32-12-17)25(27,28)29/h2-4,6,8-12,19H,1,13-14H2. The minimum atomic E-state index is -4.57. The maximum absolute atomic E-state index is 13.3. The molecule has 0 radical (unpaired) electrons. The Hall–Kier alpha value is -4.59. The molecule has 11 heteroatoms. The first-order chi connectivity index (χ1) is 17.2. The van der Waals surface area contributed by atoms with Crippen LogP contribution in [0.5, 0.6) is 0 Å². The zero-order valence-corrected chi connectivity index (χ0v) is 18.5. The first kappa shape index (κ1) is 23.2. The lowest BCUT2D eigenvalue weighted by Gasteiger charge is -2.39. The summed E-state index contributed by atoms with van der Waals surface area (Å²) in [5, 5.41) is 4.62. The van der Waals surface area contributed by atoms with Crippen molar-refractivity contribution < 1.29 is 22.4 Å². The molecule has 0 aromatic carbocycles. The predicted octanol–water partition coefficient (Wildman–Crippen LogP) is 4.17. The average Bonchev–Trinajstić information content (AvgIpc) is 3.22. The Balaban J connectivity index is 1.61. The quantitative estimate of drug-likeness (QED) is 0.244. The summed E-state index contributed by atoms with van der Waals surface area (Å²) in [7, 11) is 0. The normalized spacial score (nSPS) is 13.7.